The van der Waals surface area contributed by atoms with Gasteiger partial charge in [0.2, 0.25) is 5.91 Å². The Balaban J connectivity index is 0.000000423. The second kappa shape index (κ2) is 10.9. The first-order valence-corrected chi connectivity index (χ1v) is 9.78. The van der Waals surface area contributed by atoms with Crippen molar-refractivity contribution in [3.05, 3.63) is 29.6 Å². The third-order valence-corrected chi connectivity index (χ3v) is 5.19. The molecule has 1 aromatic rings. The molecule has 2 saturated heterocycles. The van der Waals surface area contributed by atoms with E-state index in [9.17, 15) is 18.0 Å². The molecule has 31 heavy (non-hydrogen) atoms. The van der Waals surface area contributed by atoms with Crippen LogP contribution in [0.5, 0.6) is 0 Å². The first-order chi connectivity index (χ1) is 14.6. The van der Waals surface area contributed by atoms with Crippen LogP contribution in [0.15, 0.2) is 18.2 Å². The average molecular weight is 448 g/mol. The lowest BCUT2D eigenvalue weighted by atomic mass is 9.79. The Kier molecular flexibility index (Phi) is 8.78. The molecule has 0 bridgehead atoms. The van der Waals surface area contributed by atoms with Crippen molar-refractivity contribution in [1.82, 2.24) is 9.88 Å². The van der Waals surface area contributed by atoms with Crippen molar-refractivity contribution in [1.29, 1.82) is 0 Å². The standard InChI is InChI=1S/C18H26N2O4.C2HF3O2/c1-14-4-3-5-16(19-14)10-23-8-6-15-7-9-24-18(15)12-20(13-18)17(21)11-22-2;3-2(4,5)1(6)7/h3-5,15H,6-13H2,1-2H3;(H,6,7). The topological polar surface area (TPSA) is 98.2 Å². The number of hydrogen-bond donors (Lipinski definition) is 1. The van der Waals surface area contributed by atoms with E-state index < -0.39 is 12.1 Å². The SMILES string of the molecule is COCC(=O)N1CC2(C1)OCCC2CCOCc1cccc(C)n1.O=C(O)C(F)(F)F. The highest BCUT2D eigenvalue weighted by atomic mass is 19.4. The highest BCUT2D eigenvalue weighted by Gasteiger charge is 2.53. The molecule has 2 fully saturated rings. The van der Waals surface area contributed by atoms with Crippen LogP contribution in [-0.2, 0) is 30.4 Å². The van der Waals surface area contributed by atoms with Gasteiger partial charge >= 0.3 is 12.1 Å². The number of likely N-dealkylation sites (tertiary alicyclic amines) is 1. The second-order valence-corrected chi connectivity index (χ2v) is 7.50. The molecule has 1 N–H and O–H groups in total. The number of aliphatic carboxylic acids is 1. The largest absolute Gasteiger partial charge is 0.490 e. The molecule has 3 rings (SSSR count). The van der Waals surface area contributed by atoms with Gasteiger partial charge in [0.1, 0.15) is 12.2 Å². The van der Waals surface area contributed by atoms with Crippen molar-refractivity contribution in [2.24, 2.45) is 5.92 Å². The minimum Gasteiger partial charge on any atom is -0.475 e. The number of halogens is 3. The van der Waals surface area contributed by atoms with Gasteiger partial charge in [-0.15, -0.1) is 0 Å². The summed E-state index contributed by atoms with van der Waals surface area (Å²) in [5.74, 6) is -2.26. The highest BCUT2D eigenvalue weighted by Crippen LogP contribution is 2.41. The summed E-state index contributed by atoms with van der Waals surface area (Å²) in [5.41, 5.74) is 1.82. The summed E-state index contributed by atoms with van der Waals surface area (Å²) >= 11 is 0. The van der Waals surface area contributed by atoms with Crippen molar-refractivity contribution in [3.63, 3.8) is 0 Å². The van der Waals surface area contributed by atoms with Crippen LogP contribution in [0.2, 0.25) is 0 Å². The first kappa shape index (κ1) is 25.0. The number of carbonyl (C=O) groups excluding carboxylic acids is 1. The molecule has 1 atom stereocenters. The Morgan fingerprint density at radius 2 is 2.03 bits per heavy atom. The fourth-order valence-corrected chi connectivity index (χ4v) is 3.62. The maximum atomic E-state index is 11.8. The number of amides is 1. The van der Waals surface area contributed by atoms with E-state index in [1.165, 1.54) is 0 Å². The van der Waals surface area contributed by atoms with E-state index >= 15 is 0 Å². The Hall–Kier alpha value is -2.24. The number of nitrogens with zero attached hydrogens (tertiary/aromatic N) is 2. The van der Waals surface area contributed by atoms with Crippen LogP contribution in [0.1, 0.15) is 24.2 Å². The lowest BCUT2D eigenvalue weighted by Gasteiger charge is -2.50. The van der Waals surface area contributed by atoms with Gasteiger partial charge in [-0.3, -0.25) is 9.78 Å². The number of methoxy groups -OCH3 is 1. The van der Waals surface area contributed by atoms with Crippen LogP contribution in [0, 0.1) is 12.8 Å². The summed E-state index contributed by atoms with van der Waals surface area (Å²) in [6.45, 7) is 5.50. The van der Waals surface area contributed by atoms with Crippen LogP contribution >= 0.6 is 0 Å². The van der Waals surface area contributed by atoms with Crippen molar-refractivity contribution < 1.29 is 42.1 Å². The van der Waals surface area contributed by atoms with E-state index in [1.54, 1.807) is 7.11 Å². The van der Waals surface area contributed by atoms with Gasteiger partial charge in [-0.25, -0.2) is 4.79 Å². The summed E-state index contributed by atoms with van der Waals surface area (Å²) in [4.78, 5) is 27.0. The monoisotopic (exact) mass is 448 g/mol. The molecule has 8 nitrogen and oxygen atoms in total. The number of pyridine rings is 1. The van der Waals surface area contributed by atoms with Crippen LogP contribution in [0.4, 0.5) is 13.2 Å². The molecule has 0 aromatic carbocycles. The predicted molar refractivity (Wildman–Crippen MR) is 102 cm³/mol. The molecule has 0 radical (unpaired) electrons. The fourth-order valence-electron chi connectivity index (χ4n) is 3.62. The molecule has 0 aliphatic carbocycles. The van der Waals surface area contributed by atoms with Gasteiger partial charge in [-0.05, 0) is 37.8 Å². The van der Waals surface area contributed by atoms with Crippen LogP contribution in [0.25, 0.3) is 0 Å². The van der Waals surface area contributed by atoms with Crippen LogP contribution < -0.4 is 0 Å². The van der Waals surface area contributed by atoms with E-state index in [2.05, 4.69) is 4.98 Å². The summed E-state index contributed by atoms with van der Waals surface area (Å²) in [5, 5.41) is 7.12. The number of aromatic nitrogens is 1. The molecule has 1 aromatic heterocycles. The predicted octanol–water partition coefficient (Wildman–Crippen LogP) is 2.19. The minimum absolute atomic E-state index is 0.0409. The van der Waals surface area contributed by atoms with E-state index in [0.29, 0.717) is 32.2 Å². The fraction of sp³-hybridized carbons (Fsp3) is 0.650. The Labute approximate surface area is 178 Å². The zero-order valence-electron chi connectivity index (χ0n) is 17.5. The lowest BCUT2D eigenvalue weighted by molar-refractivity contribution is -0.192. The van der Waals surface area contributed by atoms with Gasteiger partial charge < -0.3 is 24.2 Å². The molecule has 174 valence electrons. The number of rotatable bonds is 7. The molecule has 2 aliphatic rings. The minimum atomic E-state index is -5.08. The van der Waals surface area contributed by atoms with Crippen molar-refractivity contribution in [2.75, 3.05) is 40.0 Å². The quantitative estimate of drug-likeness (QED) is 0.639. The molecule has 1 spiro atoms. The van der Waals surface area contributed by atoms with E-state index in [4.69, 9.17) is 24.1 Å². The number of ether oxygens (including phenoxy) is 3. The van der Waals surface area contributed by atoms with Crippen molar-refractivity contribution >= 4 is 11.9 Å². The number of alkyl halides is 3. The third-order valence-electron chi connectivity index (χ3n) is 5.19. The zero-order valence-corrected chi connectivity index (χ0v) is 17.5. The van der Waals surface area contributed by atoms with Crippen LogP contribution in [-0.4, -0.2) is 78.7 Å². The van der Waals surface area contributed by atoms with Gasteiger partial charge in [-0.1, -0.05) is 6.07 Å². The Morgan fingerprint density at radius 1 is 1.35 bits per heavy atom. The summed E-state index contributed by atoms with van der Waals surface area (Å²) in [7, 11) is 1.54. The maximum absolute atomic E-state index is 11.8. The number of hydrogen-bond acceptors (Lipinski definition) is 6. The number of carboxylic acid groups (broad SMARTS) is 1. The molecule has 11 heteroatoms. The van der Waals surface area contributed by atoms with Gasteiger partial charge in [-0.2, -0.15) is 13.2 Å². The maximum Gasteiger partial charge on any atom is 0.490 e. The van der Waals surface area contributed by atoms with Gasteiger partial charge in [0.15, 0.2) is 0 Å². The summed E-state index contributed by atoms with van der Waals surface area (Å²) in [6.07, 6.45) is -3.09. The average Bonchev–Trinajstić information content (AvgIpc) is 3.08. The van der Waals surface area contributed by atoms with Gasteiger partial charge in [0.05, 0.1) is 25.4 Å². The molecule has 3 heterocycles. The summed E-state index contributed by atoms with van der Waals surface area (Å²) < 4.78 is 48.4. The lowest BCUT2D eigenvalue weighted by Crippen LogP contribution is -2.66. The van der Waals surface area contributed by atoms with E-state index in [1.807, 2.05) is 30.0 Å². The number of carbonyl (C=O) groups is 2. The number of aryl methyl sites for hydroxylation is 1. The zero-order chi connectivity index (χ0) is 23.1. The highest BCUT2D eigenvalue weighted by molar-refractivity contribution is 5.78. The Morgan fingerprint density at radius 3 is 2.61 bits per heavy atom. The molecule has 0 saturated carbocycles. The second-order valence-electron chi connectivity index (χ2n) is 7.50. The smallest absolute Gasteiger partial charge is 0.475 e. The normalized spacial score (nSPS) is 19.5. The number of carboxylic acids is 1. The van der Waals surface area contributed by atoms with E-state index in [-0.39, 0.29) is 18.1 Å². The van der Waals surface area contributed by atoms with E-state index in [0.717, 1.165) is 30.8 Å². The first-order valence-electron chi connectivity index (χ1n) is 9.78. The molecular formula is C20H27F3N2O6. The van der Waals surface area contributed by atoms with Crippen molar-refractivity contribution in [2.45, 2.75) is 38.1 Å². The Bertz CT molecular complexity index is 753. The van der Waals surface area contributed by atoms with Gasteiger partial charge in [0.25, 0.3) is 0 Å². The summed E-state index contributed by atoms with van der Waals surface area (Å²) in [6, 6.07) is 5.97. The molecule has 2 aliphatic heterocycles. The van der Waals surface area contributed by atoms with Crippen LogP contribution in [0.3, 0.4) is 0 Å². The molecule has 1 amide bonds. The third kappa shape index (κ3) is 7.15. The molecular weight excluding hydrogens is 421 g/mol. The molecule has 1 unspecified atom stereocenters. The van der Waals surface area contributed by atoms with Crippen molar-refractivity contribution in [3.8, 4) is 0 Å². The van der Waals surface area contributed by atoms with Gasteiger partial charge in [0, 0.05) is 26.0 Å².